The monoisotopic (exact) mass is 305 g/mol. The molecule has 1 saturated heterocycles. The lowest BCUT2D eigenvalue weighted by Gasteiger charge is -2.31. The van der Waals surface area contributed by atoms with Crippen LogP contribution in [-0.4, -0.2) is 41.9 Å². The summed E-state index contributed by atoms with van der Waals surface area (Å²) >= 11 is 5.60. The summed E-state index contributed by atoms with van der Waals surface area (Å²) in [5, 5.41) is 13.2. The Balaban J connectivity index is 1.54. The van der Waals surface area contributed by atoms with Crippen molar-refractivity contribution in [2.24, 2.45) is 11.8 Å². The van der Waals surface area contributed by atoms with E-state index in [1.165, 1.54) is 12.8 Å². The van der Waals surface area contributed by atoms with E-state index in [4.69, 9.17) is 22.2 Å². The number of rotatable bonds is 5. The molecule has 4 atom stereocenters. The topological polar surface area (TPSA) is 48.3 Å². The van der Waals surface area contributed by atoms with Crippen LogP contribution < -0.4 is 5.32 Å². The molecule has 5 heteroatoms. The van der Waals surface area contributed by atoms with E-state index in [1.54, 1.807) is 0 Å². The van der Waals surface area contributed by atoms with Gasteiger partial charge in [0.25, 0.3) is 0 Å². The molecule has 0 radical (unpaired) electrons. The standard InChI is InChI=1S/C16H23N3OS/c17-6-2-7-19(11-14-3-1-8-20-14)16(21)18-15-10-12-4-5-13(15)9-12/h4-5,12-15H,1-3,7-11H2,(H,18,21)/t12-,13-,14+,15+/m1/s1. The fourth-order valence-corrected chi connectivity index (χ4v) is 4.01. The highest BCUT2D eigenvalue weighted by Gasteiger charge is 2.36. The van der Waals surface area contributed by atoms with Crippen LogP contribution in [0.25, 0.3) is 0 Å². The van der Waals surface area contributed by atoms with E-state index in [-0.39, 0.29) is 6.10 Å². The first kappa shape index (κ1) is 14.8. The third kappa shape index (κ3) is 3.56. The van der Waals surface area contributed by atoms with E-state index in [9.17, 15) is 0 Å². The average Bonchev–Trinajstić information content (AvgIpc) is 3.20. The van der Waals surface area contributed by atoms with Gasteiger partial charge in [-0.05, 0) is 49.7 Å². The Morgan fingerprint density at radius 2 is 2.33 bits per heavy atom. The number of hydrogen-bond acceptors (Lipinski definition) is 3. The quantitative estimate of drug-likeness (QED) is 0.623. The zero-order valence-electron chi connectivity index (χ0n) is 12.3. The lowest BCUT2D eigenvalue weighted by atomic mass is 10.0. The SMILES string of the molecule is N#CCCN(C[C@@H]1CCCO1)C(=S)N[C@H]1C[C@@H]2C=C[C@@H]1C2. The van der Waals surface area contributed by atoms with Crippen LogP contribution >= 0.6 is 12.2 Å². The first-order chi connectivity index (χ1) is 10.3. The van der Waals surface area contributed by atoms with Crippen LogP contribution in [0.15, 0.2) is 12.2 Å². The smallest absolute Gasteiger partial charge is 0.169 e. The first-order valence-electron chi connectivity index (χ1n) is 7.98. The Kier molecular flexibility index (Phi) is 4.77. The van der Waals surface area contributed by atoms with E-state index in [0.717, 1.165) is 37.0 Å². The van der Waals surface area contributed by atoms with Gasteiger partial charge in [-0.1, -0.05) is 12.2 Å². The van der Waals surface area contributed by atoms with Gasteiger partial charge in [-0.2, -0.15) is 5.26 Å². The molecule has 1 aliphatic heterocycles. The Morgan fingerprint density at radius 3 is 2.95 bits per heavy atom. The van der Waals surface area contributed by atoms with Gasteiger partial charge in [-0.15, -0.1) is 0 Å². The molecule has 0 aromatic heterocycles. The van der Waals surface area contributed by atoms with Crippen LogP contribution in [0, 0.1) is 23.2 Å². The summed E-state index contributed by atoms with van der Waals surface area (Å²) in [6.07, 6.45) is 10.1. The number of hydrogen-bond donors (Lipinski definition) is 1. The Morgan fingerprint density at radius 1 is 1.43 bits per heavy atom. The normalized spacial score (nSPS) is 33.1. The van der Waals surface area contributed by atoms with Gasteiger partial charge in [-0.25, -0.2) is 0 Å². The van der Waals surface area contributed by atoms with Gasteiger partial charge in [0, 0.05) is 25.7 Å². The zero-order chi connectivity index (χ0) is 14.7. The van der Waals surface area contributed by atoms with E-state index in [1.807, 2.05) is 0 Å². The Bertz CT molecular complexity index is 453. The zero-order valence-corrected chi connectivity index (χ0v) is 13.1. The maximum atomic E-state index is 8.85. The lowest BCUT2D eigenvalue weighted by molar-refractivity contribution is 0.0912. The lowest BCUT2D eigenvalue weighted by Crippen LogP contribution is -2.48. The van der Waals surface area contributed by atoms with Crippen molar-refractivity contribution < 1.29 is 4.74 Å². The first-order valence-corrected chi connectivity index (χ1v) is 8.39. The molecular formula is C16H23N3OS. The van der Waals surface area contributed by atoms with Crippen molar-refractivity contribution in [1.29, 1.82) is 5.26 Å². The van der Waals surface area contributed by atoms with E-state index < -0.39 is 0 Å². The van der Waals surface area contributed by atoms with Gasteiger partial charge in [0.2, 0.25) is 0 Å². The Hall–Kier alpha value is -1.12. The molecule has 21 heavy (non-hydrogen) atoms. The van der Waals surface area contributed by atoms with Gasteiger partial charge in [0.05, 0.1) is 18.6 Å². The summed E-state index contributed by atoms with van der Waals surface area (Å²) in [5.74, 6) is 1.37. The molecule has 0 aromatic carbocycles. The minimum atomic E-state index is 0.267. The van der Waals surface area contributed by atoms with Gasteiger partial charge < -0.3 is 15.0 Å². The van der Waals surface area contributed by atoms with E-state index >= 15 is 0 Å². The molecule has 0 spiro atoms. The number of nitriles is 1. The molecule has 3 rings (SSSR count). The second-order valence-electron chi connectivity index (χ2n) is 6.33. The van der Waals surface area contributed by atoms with Crippen molar-refractivity contribution in [2.45, 2.75) is 44.2 Å². The van der Waals surface area contributed by atoms with Crippen molar-refractivity contribution in [2.75, 3.05) is 19.7 Å². The van der Waals surface area contributed by atoms with Crippen molar-refractivity contribution in [3.8, 4) is 6.07 Å². The van der Waals surface area contributed by atoms with E-state index in [2.05, 4.69) is 28.4 Å². The van der Waals surface area contributed by atoms with Crippen molar-refractivity contribution in [3.63, 3.8) is 0 Å². The van der Waals surface area contributed by atoms with Gasteiger partial charge in [0.1, 0.15) is 0 Å². The largest absolute Gasteiger partial charge is 0.376 e. The number of thiocarbonyl (C=S) groups is 1. The summed E-state index contributed by atoms with van der Waals surface area (Å²) in [7, 11) is 0. The molecule has 1 heterocycles. The van der Waals surface area contributed by atoms with Gasteiger partial charge in [-0.3, -0.25) is 0 Å². The maximum absolute atomic E-state index is 8.85. The number of nitrogens with zero attached hydrogens (tertiary/aromatic N) is 2. The van der Waals surface area contributed by atoms with E-state index in [0.29, 0.717) is 24.9 Å². The number of ether oxygens (including phenoxy) is 1. The van der Waals surface area contributed by atoms with Crippen LogP contribution in [0.4, 0.5) is 0 Å². The Labute approximate surface area is 132 Å². The van der Waals surface area contributed by atoms with Gasteiger partial charge >= 0.3 is 0 Å². The molecule has 0 amide bonds. The number of nitrogens with one attached hydrogen (secondary N) is 1. The minimum Gasteiger partial charge on any atom is -0.376 e. The molecule has 2 fully saturated rings. The predicted molar refractivity (Wildman–Crippen MR) is 85.7 cm³/mol. The fourth-order valence-electron chi connectivity index (χ4n) is 3.69. The van der Waals surface area contributed by atoms with Crippen molar-refractivity contribution in [3.05, 3.63) is 12.2 Å². The van der Waals surface area contributed by atoms with Crippen molar-refractivity contribution >= 4 is 17.3 Å². The molecule has 2 bridgehead atoms. The molecule has 1 saturated carbocycles. The third-order valence-corrected chi connectivity index (χ3v) is 5.19. The molecule has 114 valence electrons. The minimum absolute atomic E-state index is 0.267. The number of fused-ring (bicyclic) bond motifs is 2. The summed E-state index contributed by atoms with van der Waals surface area (Å²) in [4.78, 5) is 2.13. The molecule has 3 aliphatic rings. The molecule has 1 N–H and O–H groups in total. The summed E-state index contributed by atoms with van der Waals surface area (Å²) < 4.78 is 5.71. The maximum Gasteiger partial charge on any atom is 0.169 e. The van der Waals surface area contributed by atoms with Gasteiger partial charge in [0.15, 0.2) is 5.11 Å². The molecule has 2 aliphatic carbocycles. The highest BCUT2D eigenvalue weighted by molar-refractivity contribution is 7.80. The fraction of sp³-hybridized carbons (Fsp3) is 0.750. The molecule has 0 unspecified atom stereocenters. The highest BCUT2D eigenvalue weighted by Crippen LogP contribution is 2.39. The highest BCUT2D eigenvalue weighted by atomic mass is 32.1. The van der Waals surface area contributed by atoms with Crippen LogP contribution in [0.1, 0.15) is 32.1 Å². The van der Waals surface area contributed by atoms with Crippen LogP contribution in [0.2, 0.25) is 0 Å². The third-order valence-electron chi connectivity index (χ3n) is 4.82. The number of allylic oxidation sites excluding steroid dienone is 1. The summed E-state index contributed by atoms with van der Waals surface area (Å²) in [6, 6.07) is 2.69. The van der Waals surface area contributed by atoms with Crippen LogP contribution in [-0.2, 0) is 4.74 Å². The van der Waals surface area contributed by atoms with Crippen LogP contribution in [0.3, 0.4) is 0 Å². The second-order valence-corrected chi connectivity index (χ2v) is 6.71. The summed E-state index contributed by atoms with van der Waals surface area (Å²) in [6.45, 7) is 2.36. The summed E-state index contributed by atoms with van der Waals surface area (Å²) in [5.41, 5.74) is 0. The van der Waals surface area contributed by atoms with Crippen LogP contribution in [0.5, 0.6) is 0 Å². The predicted octanol–water partition coefficient (Wildman–Crippen LogP) is 2.22. The molecule has 0 aromatic rings. The van der Waals surface area contributed by atoms with Crippen molar-refractivity contribution in [1.82, 2.24) is 10.2 Å². The second kappa shape index (κ2) is 6.76. The average molecular weight is 305 g/mol. The molecular weight excluding hydrogens is 282 g/mol. The molecule has 4 nitrogen and oxygen atoms in total.